The summed E-state index contributed by atoms with van der Waals surface area (Å²) in [5.41, 5.74) is 1.50. The van der Waals surface area contributed by atoms with Crippen molar-refractivity contribution in [2.75, 3.05) is 7.11 Å². The molecule has 0 radical (unpaired) electrons. The molecule has 0 N–H and O–H groups in total. The van der Waals surface area contributed by atoms with E-state index in [2.05, 4.69) is 0 Å². The SMILES string of the molecule is COc1ccc(OC(=O)c2cccc(OCc3ccccc3)c2)cc1. The monoisotopic (exact) mass is 334 g/mol. The van der Waals surface area contributed by atoms with Crippen LogP contribution in [0.25, 0.3) is 0 Å². The molecule has 4 heteroatoms. The van der Waals surface area contributed by atoms with Crippen LogP contribution in [-0.2, 0) is 6.61 Å². The predicted octanol–water partition coefficient (Wildman–Crippen LogP) is 4.49. The van der Waals surface area contributed by atoms with E-state index in [0.29, 0.717) is 29.4 Å². The molecule has 25 heavy (non-hydrogen) atoms. The third-order valence-corrected chi connectivity index (χ3v) is 3.59. The number of hydrogen-bond donors (Lipinski definition) is 0. The number of esters is 1. The molecule has 4 nitrogen and oxygen atoms in total. The number of carbonyl (C=O) groups is 1. The molecule has 126 valence electrons. The van der Waals surface area contributed by atoms with Crippen molar-refractivity contribution in [3.63, 3.8) is 0 Å². The highest BCUT2D eigenvalue weighted by Crippen LogP contribution is 2.20. The normalized spacial score (nSPS) is 10.1. The molecule has 0 heterocycles. The highest BCUT2D eigenvalue weighted by atomic mass is 16.5. The topological polar surface area (TPSA) is 44.8 Å². The number of rotatable bonds is 6. The molecule has 0 aliphatic carbocycles. The summed E-state index contributed by atoms with van der Waals surface area (Å²) in [7, 11) is 1.59. The van der Waals surface area contributed by atoms with Gasteiger partial charge in [0.05, 0.1) is 12.7 Å². The van der Waals surface area contributed by atoms with Gasteiger partial charge in [-0.25, -0.2) is 4.79 Å². The van der Waals surface area contributed by atoms with Gasteiger partial charge >= 0.3 is 5.97 Å². The van der Waals surface area contributed by atoms with Gasteiger partial charge in [0.25, 0.3) is 0 Å². The van der Waals surface area contributed by atoms with Gasteiger partial charge in [-0.3, -0.25) is 0 Å². The second-order valence-corrected chi connectivity index (χ2v) is 5.37. The Balaban J connectivity index is 1.64. The fraction of sp³-hybridized carbons (Fsp3) is 0.0952. The number of benzene rings is 3. The van der Waals surface area contributed by atoms with Crippen LogP contribution in [0.5, 0.6) is 17.2 Å². The van der Waals surface area contributed by atoms with E-state index in [9.17, 15) is 4.79 Å². The van der Waals surface area contributed by atoms with Crippen molar-refractivity contribution >= 4 is 5.97 Å². The van der Waals surface area contributed by atoms with Crippen LogP contribution in [0.1, 0.15) is 15.9 Å². The molecule has 0 aliphatic rings. The molecule has 0 saturated carbocycles. The molecule has 0 spiro atoms. The van der Waals surface area contributed by atoms with Crippen LogP contribution < -0.4 is 14.2 Å². The lowest BCUT2D eigenvalue weighted by atomic mass is 10.2. The maximum absolute atomic E-state index is 12.3. The number of hydrogen-bond acceptors (Lipinski definition) is 4. The van der Waals surface area contributed by atoms with Crippen molar-refractivity contribution in [1.29, 1.82) is 0 Å². The quantitative estimate of drug-likeness (QED) is 0.492. The summed E-state index contributed by atoms with van der Waals surface area (Å²) in [6.07, 6.45) is 0. The lowest BCUT2D eigenvalue weighted by Gasteiger charge is -2.09. The largest absolute Gasteiger partial charge is 0.497 e. The van der Waals surface area contributed by atoms with Crippen LogP contribution in [0.2, 0.25) is 0 Å². The van der Waals surface area contributed by atoms with Crippen molar-refractivity contribution in [1.82, 2.24) is 0 Å². The minimum atomic E-state index is -0.435. The van der Waals surface area contributed by atoms with E-state index in [4.69, 9.17) is 14.2 Å². The summed E-state index contributed by atoms with van der Waals surface area (Å²) in [5, 5.41) is 0. The zero-order chi connectivity index (χ0) is 17.5. The third kappa shape index (κ3) is 4.61. The van der Waals surface area contributed by atoms with Gasteiger partial charge in [-0.2, -0.15) is 0 Å². The van der Waals surface area contributed by atoms with Gasteiger partial charge in [-0.15, -0.1) is 0 Å². The molecule has 0 atom stereocenters. The lowest BCUT2D eigenvalue weighted by Crippen LogP contribution is -2.08. The second-order valence-electron chi connectivity index (χ2n) is 5.37. The van der Waals surface area contributed by atoms with E-state index in [1.807, 2.05) is 36.4 Å². The number of methoxy groups -OCH3 is 1. The fourth-order valence-corrected chi connectivity index (χ4v) is 2.26. The molecule has 0 saturated heterocycles. The van der Waals surface area contributed by atoms with Crippen molar-refractivity contribution in [2.45, 2.75) is 6.61 Å². The molecule has 0 fully saturated rings. The standard InChI is InChI=1S/C21H18O4/c1-23-18-10-12-19(13-11-18)25-21(22)17-8-5-9-20(14-17)24-15-16-6-3-2-4-7-16/h2-14H,15H2,1H3. The first kappa shape index (κ1) is 16.6. The van der Waals surface area contributed by atoms with Crippen molar-refractivity contribution in [2.24, 2.45) is 0 Å². The molecule has 0 aliphatic heterocycles. The summed E-state index contributed by atoms with van der Waals surface area (Å²) < 4.78 is 16.2. The van der Waals surface area contributed by atoms with Gasteiger partial charge < -0.3 is 14.2 Å². The Hall–Kier alpha value is -3.27. The summed E-state index contributed by atoms with van der Waals surface area (Å²) in [4.78, 5) is 12.3. The van der Waals surface area contributed by atoms with E-state index in [-0.39, 0.29) is 0 Å². The molecule has 0 unspecified atom stereocenters. The Kier molecular flexibility index (Phi) is 5.32. The summed E-state index contributed by atoms with van der Waals surface area (Å²) in [5.74, 6) is 1.35. The van der Waals surface area contributed by atoms with Crippen molar-refractivity contribution in [3.8, 4) is 17.2 Å². The van der Waals surface area contributed by atoms with Crippen LogP contribution in [0.15, 0.2) is 78.9 Å². The average molecular weight is 334 g/mol. The Bertz CT molecular complexity index is 826. The molecule has 0 amide bonds. The first-order valence-corrected chi connectivity index (χ1v) is 7.87. The van der Waals surface area contributed by atoms with Crippen molar-refractivity contribution < 1.29 is 19.0 Å². The van der Waals surface area contributed by atoms with Crippen LogP contribution in [0.4, 0.5) is 0 Å². The molecular weight excluding hydrogens is 316 g/mol. The zero-order valence-electron chi connectivity index (χ0n) is 13.8. The van der Waals surface area contributed by atoms with Crippen LogP contribution >= 0.6 is 0 Å². The molecule has 3 aromatic rings. The van der Waals surface area contributed by atoms with Crippen LogP contribution in [0, 0.1) is 0 Å². The molecule has 0 aromatic heterocycles. The van der Waals surface area contributed by atoms with Crippen LogP contribution in [-0.4, -0.2) is 13.1 Å². The smallest absolute Gasteiger partial charge is 0.343 e. The Morgan fingerprint density at radius 1 is 0.800 bits per heavy atom. The highest BCUT2D eigenvalue weighted by Gasteiger charge is 2.10. The first-order chi connectivity index (χ1) is 12.2. The lowest BCUT2D eigenvalue weighted by molar-refractivity contribution is 0.0734. The summed E-state index contributed by atoms with van der Waals surface area (Å²) in [6, 6.07) is 23.7. The van der Waals surface area contributed by atoms with Gasteiger partial charge in [-0.1, -0.05) is 36.4 Å². The van der Waals surface area contributed by atoms with Gasteiger partial charge in [0.2, 0.25) is 0 Å². The Labute approximate surface area is 146 Å². The van der Waals surface area contributed by atoms with E-state index in [1.165, 1.54) is 0 Å². The molecule has 3 rings (SSSR count). The fourth-order valence-electron chi connectivity index (χ4n) is 2.26. The van der Waals surface area contributed by atoms with Gasteiger partial charge in [0.1, 0.15) is 23.9 Å². The molecule has 0 bridgehead atoms. The molecule has 3 aromatic carbocycles. The maximum Gasteiger partial charge on any atom is 0.343 e. The number of carbonyl (C=O) groups excluding carboxylic acids is 1. The van der Waals surface area contributed by atoms with Crippen LogP contribution in [0.3, 0.4) is 0 Å². The van der Waals surface area contributed by atoms with E-state index < -0.39 is 5.97 Å². The first-order valence-electron chi connectivity index (χ1n) is 7.87. The van der Waals surface area contributed by atoms with Gasteiger partial charge in [-0.05, 0) is 48.0 Å². The third-order valence-electron chi connectivity index (χ3n) is 3.59. The minimum Gasteiger partial charge on any atom is -0.497 e. The van der Waals surface area contributed by atoms with E-state index in [0.717, 1.165) is 5.56 Å². The summed E-state index contributed by atoms with van der Waals surface area (Å²) in [6.45, 7) is 0.442. The number of ether oxygens (including phenoxy) is 3. The minimum absolute atomic E-state index is 0.432. The highest BCUT2D eigenvalue weighted by molar-refractivity contribution is 5.91. The Morgan fingerprint density at radius 2 is 1.52 bits per heavy atom. The second kappa shape index (κ2) is 8.02. The van der Waals surface area contributed by atoms with E-state index >= 15 is 0 Å². The average Bonchev–Trinajstić information content (AvgIpc) is 2.68. The Morgan fingerprint density at radius 3 is 2.24 bits per heavy atom. The zero-order valence-corrected chi connectivity index (χ0v) is 13.8. The van der Waals surface area contributed by atoms with Gasteiger partial charge in [0, 0.05) is 0 Å². The van der Waals surface area contributed by atoms with Crippen molar-refractivity contribution in [3.05, 3.63) is 90.0 Å². The summed E-state index contributed by atoms with van der Waals surface area (Å²) >= 11 is 0. The van der Waals surface area contributed by atoms with Gasteiger partial charge in [0.15, 0.2) is 0 Å². The van der Waals surface area contributed by atoms with E-state index in [1.54, 1.807) is 49.6 Å². The predicted molar refractivity (Wildman–Crippen MR) is 95.2 cm³/mol. The molecular formula is C21H18O4. The maximum atomic E-state index is 12.3.